The summed E-state index contributed by atoms with van der Waals surface area (Å²) >= 11 is 3.99. The van der Waals surface area contributed by atoms with Crippen molar-refractivity contribution in [3.8, 4) is 0 Å². The molecule has 1 nitrogen and oxygen atoms in total. The van der Waals surface area contributed by atoms with Gasteiger partial charge in [0.2, 0.25) is 0 Å². The third kappa shape index (κ3) is 16.7. The lowest BCUT2D eigenvalue weighted by atomic mass is 9.93. The van der Waals surface area contributed by atoms with E-state index in [-0.39, 0.29) is 5.12 Å². The van der Waals surface area contributed by atoms with E-state index in [1.807, 2.05) is 0 Å². The molecular formula is C24H42OS. The van der Waals surface area contributed by atoms with Crippen LogP contribution in [0.4, 0.5) is 0 Å². The summed E-state index contributed by atoms with van der Waals surface area (Å²) < 4.78 is 0. The molecule has 0 rings (SSSR count). The van der Waals surface area contributed by atoms with E-state index in [1.54, 1.807) is 0 Å². The summed E-state index contributed by atoms with van der Waals surface area (Å²) in [5.41, 5.74) is 4.34. The molecule has 0 aliphatic rings. The molecule has 0 aliphatic heterocycles. The second kappa shape index (κ2) is 16.4. The van der Waals surface area contributed by atoms with Gasteiger partial charge in [-0.25, -0.2) is 0 Å². The first kappa shape index (κ1) is 25.2. The molecule has 0 amide bonds. The topological polar surface area (TPSA) is 17.1 Å². The summed E-state index contributed by atoms with van der Waals surface area (Å²) in [5.74, 6) is 0.466. The van der Waals surface area contributed by atoms with Gasteiger partial charge < -0.3 is 0 Å². The first-order valence-electron chi connectivity index (χ1n) is 10.5. The van der Waals surface area contributed by atoms with Crippen molar-refractivity contribution in [1.82, 2.24) is 0 Å². The van der Waals surface area contributed by atoms with Crippen LogP contribution in [-0.4, -0.2) is 5.12 Å². The average Bonchev–Trinajstić information content (AvgIpc) is 2.55. The Labute approximate surface area is 168 Å². The predicted octanol–water partition coefficient (Wildman–Crippen LogP) is 8.23. The fourth-order valence-corrected chi connectivity index (χ4v) is 3.37. The van der Waals surface area contributed by atoms with E-state index < -0.39 is 0 Å². The van der Waals surface area contributed by atoms with Crippen LogP contribution in [0.3, 0.4) is 0 Å². The Morgan fingerprint density at radius 1 is 0.885 bits per heavy atom. The summed E-state index contributed by atoms with van der Waals surface area (Å²) in [6, 6.07) is 0. The molecule has 0 aliphatic carbocycles. The van der Waals surface area contributed by atoms with Crippen molar-refractivity contribution in [3.63, 3.8) is 0 Å². The molecule has 0 aromatic carbocycles. The van der Waals surface area contributed by atoms with Crippen molar-refractivity contribution in [2.45, 2.75) is 105 Å². The Morgan fingerprint density at radius 3 is 2.08 bits per heavy atom. The van der Waals surface area contributed by atoms with Gasteiger partial charge in [0.05, 0.1) is 0 Å². The molecule has 1 unspecified atom stereocenters. The Kier molecular flexibility index (Phi) is 15.9. The zero-order chi connectivity index (χ0) is 19.8. The van der Waals surface area contributed by atoms with E-state index >= 15 is 0 Å². The van der Waals surface area contributed by atoms with Crippen LogP contribution in [0.2, 0.25) is 0 Å². The minimum atomic E-state index is 0.0338. The lowest BCUT2D eigenvalue weighted by Crippen LogP contribution is -2.04. The molecular weight excluding hydrogens is 336 g/mol. The Hall–Kier alpha value is -0.760. The van der Waals surface area contributed by atoms with E-state index in [2.05, 4.69) is 65.5 Å². The Morgan fingerprint density at radius 2 is 1.50 bits per heavy atom. The summed E-state index contributed by atoms with van der Waals surface area (Å²) in [6.45, 7) is 11.0. The van der Waals surface area contributed by atoms with Crippen molar-refractivity contribution >= 4 is 17.7 Å². The second-order valence-electron chi connectivity index (χ2n) is 8.01. The molecule has 0 bridgehead atoms. The standard InChI is InChI=1S/C24H42OS/c1-6-7-8-9-16-23(19-24(25)26)18-17-22(5)15-11-14-21(4)13-10-12-20(2)3/h12,14,17,23H,6-11,13,15-16,18-19H2,1-5H3,(H,25,26). The van der Waals surface area contributed by atoms with E-state index in [4.69, 9.17) is 0 Å². The molecule has 1 atom stereocenters. The van der Waals surface area contributed by atoms with Crippen LogP contribution >= 0.6 is 12.6 Å². The lowest BCUT2D eigenvalue weighted by molar-refractivity contribution is -0.111. The molecule has 0 fully saturated rings. The second-order valence-corrected chi connectivity index (χ2v) is 8.51. The quantitative estimate of drug-likeness (QED) is 0.172. The molecule has 0 aromatic rings. The van der Waals surface area contributed by atoms with Crippen LogP contribution in [0.5, 0.6) is 0 Å². The van der Waals surface area contributed by atoms with E-state index in [9.17, 15) is 4.79 Å². The van der Waals surface area contributed by atoms with Crippen LogP contribution in [-0.2, 0) is 4.79 Å². The number of carbonyl (C=O) groups excluding carboxylic acids is 1. The fourth-order valence-electron chi connectivity index (χ4n) is 3.12. The number of unbranched alkanes of at least 4 members (excludes halogenated alkanes) is 3. The maximum atomic E-state index is 11.4. The van der Waals surface area contributed by atoms with Gasteiger partial charge in [0, 0.05) is 6.42 Å². The first-order chi connectivity index (χ1) is 12.3. The molecule has 0 spiro atoms. The number of rotatable bonds is 15. The highest BCUT2D eigenvalue weighted by atomic mass is 32.1. The maximum Gasteiger partial charge on any atom is 0.186 e. The third-order valence-electron chi connectivity index (χ3n) is 4.85. The smallest absolute Gasteiger partial charge is 0.186 e. The number of hydrogen-bond donors (Lipinski definition) is 1. The summed E-state index contributed by atoms with van der Waals surface area (Å²) in [4.78, 5) is 11.4. The number of thiol groups is 1. The van der Waals surface area contributed by atoms with Gasteiger partial charge in [-0.05, 0) is 72.1 Å². The van der Waals surface area contributed by atoms with Gasteiger partial charge in [-0.1, -0.05) is 67.6 Å². The molecule has 0 saturated heterocycles. The van der Waals surface area contributed by atoms with E-state index in [0.29, 0.717) is 12.3 Å². The summed E-state index contributed by atoms with van der Waals surface area (Å²) in [5, 5.41) is 0.0338. The Bertz CT molecular complexity index is 467. The highest BCUT2D eigenvalue weighted by Crippen LogP contribution is 2.21. The minimum Gasteiger partial charge on any atom is -0.287 e. The zero-order valence-electron chi connectivity index (χ0n) is 17.9. The van der Waals surface area contributed by atoms with Crippen LogP contribution < -0.4 is 0 Å². The van der Waals surface area contributed by atoms with Gasteiger partial charge in [-0.15, -0.1) is 12.6 Å². The van der Waals surface area contributed by atoms with Crippen molar-refractivity contribution in [2.24, 2.45) is 5.92 Å². The monoisotopic (exact) mass is 378 g/mol. The van der Waals surface area contributed by atoms with Gasteiger partial charge in [-0.3, -0.25) is 4.79 Å². The Balaban J connectivity index is 4.26. The van der Waals surface area contributed by atoms with E-state index in [1.165, 1.54) is 42.4 Å². The summed E-state index contributed by atoms with van der Waals surface area (Å²) in [7, 11) is 0. The van der Waals surface area contributed by atoms with Gasteiger partial charge in [-0.2, -0.15) is 0 Å². The summed E-state index contributed by atoms with van der Waals surface area (Å²) in [6.07, 6.45) is 19.5. The minimum absolute atomic E-state index is 0.0338. The molecule has 150 valence electrons. The van der Waals surface area contributed by atoms with Crippen LogP contribution in [0, 0.1) is 5.92 Å². The van der Waals surface area contributed by atoms with Gasteiger partial charge >= 0.3 is 0 Å². The van der Waals surface area contributed by atoms with Crippen molar-refractivity contribution in [1.29, 1.82) is 0 Å². The number of hydrogen-bond acceptors (Lipinski definition) is 1. The van der Waals surface area contributed by atoms with Crippen LogP contribution in [0.15, 0.2) is 34.9 Å². The van der Waals surface area contributed by atoms with Crippen molar-refractivity contribution < 1.29 is 4.79 Å². The maximum absolute atomic E-state index is 11.4. The number of allylic oxidation sites excluding steroid dienone is 6. The largest absolute Gasteiger partial charge is 0.287 e. The molecule has 26 heavy (non-hydrogen) atoms. The SMILES string of the molecule is CCCCCCC(CC=C(C)CCC=C(C)CCC=C(C)C)CC(=O)S. The number of carbonyl (C=O) groups is 1. The van der Waals surface area contributed by atoms with Gasteiger partial charge in [0.1, 0.15) is 0 Å². The van der Waals surface area contributed by atoms with Gasteiger partial charge in [0.25, 0.3) is 0 Å². The average molecular weight is 379 g/mol. The fraction of sp³-hybridized carbons (Fsp3) is 0.708. The normalized spacial score (nSPS) is 13.6. The highest BCUT2D eigenvalue weighted by Gasteiger charge is 2.10. The van der Waals surface area contributed by atoms with E-state index in [0.717, 1.165) is 38.5 Å². The molecule has 0 N–H and O–H groups in total. The highest BCUT2D eigenvalue weighted by molar-refractivity contribution is 7.96. The molecule has 2 heteroatoms. The molecule has 0 aromatic heterocycles. The lowest BCUT2D eigenvalue weighted by Gasteiger charge is -2.13. The first-order valence-corrected chi connectivity index (χ1v) is 11.0. The molecule has 0 saturated carbocycles. The van der Waals surface area contributed by atoms with Crippen molar-refractivity contribution in [2.75, 3.05) is 0 Å². The van der Waals surface area contributed by atoms with Crippen molar-refractivity contribution in [3.05, 3.63) is 34.9 Å². The predicted molar refractivity (Wildman–Crippen MR) is 121 cm³/mol. The molecule has 0 heterocycles. The zero-order valence-corrected chi connectivity index (χ0v) is 18.8. The molecule has 0 radical (unpaired) electrons. The van der Waals surface area contributed by atoms with Crippen LogP contribution in [0.25, 0.3) is 0 Å². The third-order valence-corrected chi connectivity index (χ3v) is 5.03. The van der Waals surface area contributed by atoms with Crippen LogP contribution in [0.1, 0.15) is 105 Å². The van der Waals surface area contributed by atoms with Gasteiger partial charge in [0.15, 0.2) is 5.12 Å².